The van der Waals surface area contributed by atoms with E-state index in [9.17, 15) is 19.2 Å². The number of cyclic esters (lactones) is 1. The van der Waals surface area contributed by atoms with Gasteiger partial charge in [-0.1, -0.05) is 44.2 Å². The molecule has 0 radical (unpaired) electrons. The van der Waals surface area contributed by atoms with E-state index in [2.05, 4.69) is 5.32 Å². The summed E-state index contributed by atoms with van der Waals surface area (Å²) in [5.41, 5.74) is 3.20. The quantitative estimate of drug-likeness (QED) is 0.668. The first-order valence-electron chi connectivity index (χ1n) is 11.8. The summed E-state index contributed by atoms with van der Waals surface area (Å²) in [6, 6.07) is 4.41. The highest BCUT2D eigenvalue weighted by Crippen LogP contribution is 2.29. The van der Waals surface area contributed by atoms with E-state index in [1.54, 1.807) is 4.90 Å². The maximum absolute atomic E-state index is 13.2. The van der Waals surface area contributed by atoms with Crippen molar-refractivity contribution in [2.75, 3.05) is 13.2 Å². The zero-order valence-electron chi connectivity index (χ0n) is 19.6. The van der Waals surface area contributed by atoms with Crippen molar-refractivity contribution in [1.29, 1.82) is 0 Å². The van der Waals surface area contributed by atoms with Gasteiger partial charge >= 0.3 is 12.2 Å². The van der Waals surface area contributed by atoms with Crippen molar-refractivity contribution in [2.45, 2.75) is 64.4 Å². The first-order valence-corrected chi connectivity index (χ1v) is 11.8. The van der Waals surface area contributed by atoms with Crippen LogP contribution in [0.2, 0.25) is 0 Å². The number of nitrogens with one attached hydrogen (secondary N) is 1. The molecule has 0 aromatic heterocycles. The van der Waals surface area contributed by atoms with E-state index < -0.39 is 30.4 Å². The van der Waals surface area contributed by atoms with Gasteiger partial charge in [0, 0.05) is 13.0 Å². The van der Waals surface area contributed by atoms with Crippen LogP contribution >= 0.6 is 0 Å². The summed E-state index contributed by atoms with van der Waals surface area (Å²) in [7, 11) is 0. The fraction of sp³-hybridized carbons (Fsp3) is 0.520. The normalized spacial score (nSPS) is 26.8. The van der Waals surface area contributed by atoms with Crippen LogP contribution in [-0.2, 0) is 32.2 Å². The van der Waals surface area contributed by atoms with Crippen molar-refractivity contribution in [3.63, 3.8) is 0 Å². The van der Waals surface area contributed by atoms with E-state index in [0.29, 0.717) is 32.2 Å². The van der Waals surface area contributed by atoms with Crippen LogP contribution in [0.1, 0.15) is 49.8 Å². The number of amides is 3. The zero-order chi connectivity index (χ0) is 24.2. The molecule has 1 fully saturated rings. The van der Waals surface area contributed by atoms with Crippen molar-refractivity contribution in [3.8, 4) is 0 Å². The Bertz CT molecular complexity index is 991. The summed E-state index contributed by atoms with van der Waals surface area (Å²) in [6.45, 7) is 4.84. The van der Waals surface area contributed by atoms with Gasteiger partial charge in [-0.15, -0.1) is 0 Å². The summed E-state index contributed by atoms with van der Waals surface area (Å²) < 4.78 is 11.0. The Hall–Kier alpha value is -3.36. The van der Waals surface area contributed by atoms with E-state index >= 15 is 0 Å². The van der Waals surface area contributed by atoms with Gasteiger partial charge in [0.2, 0.25) is 5.91 Å². The van der Waals surface area contributed by atoms with Crippen LogP contribution in [0.25, 0.3) is 6.08 Å². The lowest BCUT2D eigenvalue weighted by Gasteiger charge is -2.28. The van der Waals surface area contributed by atoms with Gasteiger partial charge in [-0.2, -0.15) is 0 Å². The van der Waals surface area contributed by atoms with Crippen molar-refractivity contribution < 1.29 is 28.7 Å². The van der Waals surface area contributed by atoms with E-state index in [0.717, 1.165) is 16.7 Å². The van der Waals surface area contributed by atoms with E-state index in [4.69, 9.17) is 9.47 Å². The lowest BCUT2D eigenvalue weighted by molar-refractivity contribution is -0.137. The summed E-state index contributed by atoms with van der Waals surface area (Å²) in [4.78, 5) is 53.3. The van der Waals surface area contributed by atoms with Crippen LogP contribution in [0, 0.1) is 5.92 Å². The molecule has 1 saturated heterocycles. The Morgan fingerprint density at radius 3 is 2.76 bits per heavy atom. The number of fused-ring (bicyclic) bond motifs is 3. The number of rotatable bonds is 2. The molecule has 3 aliphatic rings. The average Bonchev–Trinajstić information content (AvgIpc) is 3.43. The second kappa shape index (κ2) is 10.3. The van der Waals surface area contributed by atoms with Gasteiger partial charge in [0.25, 0.3) is 0 Å². The molecule has 0 unspecified atom stereocenters. The van der Waals surface area contributed by atoms with Gasteiger partial charge < -0.3 is 24.5 Å². The number of hydrogen-bond donors (Lipinski definition) is 1. The molecule has 0 spiro atoms. The van der Waals surface area contributed by atoms with Gasteiger partial charge in [-0.3, -0.25) is 9.69 Å². The average molecular weight is 470 g/mol. The minimum Gasteiger partial charge on any atom is -0.450 e. The maximum atomic E-state index is 13.2. The van der Waals surface area contributed by atoms with Crippen molar-refractivity contribution in [1.82, 2.24) is 15.1 Å². The highest BCUT2D eigenvalue weighted by molar-refractivity contribution is 5.88. The smallest absolute Gasteiger partial charge is 0.410 e. The Balaban J connectivity index is 1.57. The van der Waals surface area contributed by atoms with Crippen molar-refractivity contribution in [3.05, 3.63) is 41.0 Å². The largest absolute Gasteiger partial charge is 0.450 e. The molecule has 3 heterocycles. The van der Waals surface area contributed by atoms with Crippen molar-refractivity contribution in [2.24, 2.45) is 5.92 Å². The number of hydrogen-bond acceptors (Lipinski definition) is 6. The summed E-state index contributed by atoms with van der Waals surface area (Å²) >= 11 is 0. The summed E-state index contributed by atoms with van der Waals surface area (Å²) in [5, 5.41) is 2.64. The first kappa shape index (κ1) is 23.8. The minimum absolute atomic E-state index is 0.0999. The number of nitrogens with zero attached hydrogens (tertiary/aromatic N) is 2. The molecule has 3 amide bonds. The van der Waals surface area contributed by atoms with Gasteiger partial charge in [0.15, 0.2) is 0 Å². The van der Waals surface area contributed by atoms with Crippen LogP contribution in [0.3, 0.4) is 0 Å². The SMILES string of the molecule is CC(C)[C@@H]1NC(=O)OCCC/C=C/c2cccc3c2CN(C3)C(=O)O[C@@H]2C[C@@H](C=O)N(C2)C1=O. The summed E-state index contributed by atoms with van der Waals surface area (Å²) in [6.07, 6.45) is 4.59. The Kier molecular flexibility index (Phi) is 7.19. The van der Waals surface area contributed by atoms with Crippen LogP contribution < -0.4 is 5.32 Å². The molecule has 4 bridgehead atoms. The molecular formula is C25H31N3O6. The molecule has 0 aliphatic carbocycles. The van der Waals surface area contributed by atoms with E-state index in [1.807, 2.05) is 44.2 Å². The van der Waals surface area contributed by atoms with Crippen LogP contribution in [-0.4, -0.2) is 65.5 Å². The summed E-state index contributed by atoms with van der Waals surface area (Å²) in [5.74, 6) is -0.607. The fourth-order valence-corrected chi connectivity index (χ4v) is 4.68. The van der Waals surface area contributed by atoms with Gasteiger partial charge in [0.1, 0.15) is 18.4 Å². The second-order valence-electron chi connectivity index (χ2n) is 9.32. The third kappa shape index (κ3) is 5.08. The molecular weight excluding hydrogens is 438 g/mol. The number of benzene rings is 1. The number of aldehydes is 1. The molecule has 1 aromatic carbocycles. The molecule has 4 rings (SSSR count). The maximum Gasteiger partial charge on any atom is 0.410 e. The third-order valence-corrected chi connectivity index (χ3v) is 6.54. The third-order valence-electron chi connectivity index (χ3n) is 6.54. The monoisotopic (exact) mass is 469 g/mol. The van der Waals surface area contributed by atoms with Crippen LogP contribution in [0.4, 0.5) is 9.59 Å². The number of ether oxygens (including phenoxy) is 2. The minimum atomic E-state index is -0.850. The zero-order valence-corrected chi connectivity index (χ0v) is 19.6. The van der Waals surface area contributed by atoms with Gasteiger partial charge in [0.05, 0.1) is 25.7 Å². The highest BCUT2D eigenvalue weighted by Gasteiger charge is 2.41. The number of carbonyl (C=O) groups is 4. The fourth-order valence-electron chi connectivity index (χ4n) is 4.68. The lowest BCUT2D eigenvalue weighted by atomic mass is 10.0. The molecule has 1 aromatic rings. The number of carbonyl (C=O) groups excluding carboxylic acids is 4. The predicted molar refractivity (Wildman–Crippen MR) is 124 cm³/mol. The number of allylic oxidation sites excluding steroid dienone is 1. The van der Waals surface area contributed by atoms with Gasteiger partial charge in [-0.05, 0) is 35.4 Å². The lowest BCUT2D eigenvalue weighted by Crippen LogP contribution is -2.53. The Morgan fingerprint density at radius 2 is 2.00 bits per heavy atom. The topological polar surface area (TPSA) is 105 Å². The van der Waals surface area contributed by atoms with E-state index in [1.165, 1.54) is 4.90 Å². The van der Waals surface area contributed by atoms with Gasteiger partial charge in [-0.25, -0.2) is 9.59 Å². The number of alkyl carbamates (subject to hydrolysis) is 1. The molecule has 34 heavy (non-hydrogen) atoms. The Labute approximate surface area is 199 Å². The molecule has 9 heteroatoms. The predicted octanol–water partition coefficient (Wildman–Crippen LogP) is 2.87. The standard InChI is InChI=1S/C25H31N3O6/c1-16(2)22-23(30)28-13-20(11-19(28)15-29)34-25(32)27-12-18-9-6-8-17(21(18)14-27)7-4-3-5-10-33-24(31)26-22/h4,6-9,15-16,19-20,22H,3,5,10-14H2,1-2H3,(H,26,31)/b7-4+/t19-,20+,22-/m0/s1. The van der Waals surface area contributed by atoms with Crippen LogP contribution in [0.5, 0.6) is 0 Å². The molecule has 0 saturated carbocycles. The second-order valence-corrected chi connectivity index (χ2v) is 9.32. The molecule has 9 nitrogen and oxygen atoms in total. The molecule has 182 valence electrons. The first-order chi connectivity index (χ1) is 16.4. The molecule has 3 atom stereocenters. The van der Waals surface area contributed by atoms with Crippen molar-refractivity contribution >= 4 is 30.5 Å². The molecule has 1 N–H and O–H groups in total. The Morgan fingerprint density at radius 1 is 1.18 bits per heavy atom. The molecule has 3 aliphatic heterocycles. The van der Waals surface area contributed by atoms with E-state index in [-0.39, 0.29) is 31.4 Å². The van der Waals surface area contributed by atoms with Crippen LogP contribution in [0.15, 0.2) is 24.3 Å². The highest BCUT2D eigenvalue weighted by atomic mass is 16.6.